The van der Waals surface area contributed by atoms with E-state index in [1.165, 1.54) is 12.1 Å². The van der Waals surface area contributed by atoms with Crippen molar-refractivity contribution in [2.45, 2.75) is 44.8 Å². The van der Waals surface area contributed by atoms with Crippen LogP contribution >= 0.6 is 0 Å². The van der Waals surface area contributed by atoms with Gasteiger partial charge in [0, 0.05) is 25.2 Å². The van der Waals surface area contributed by atoms with Gasteiger partial charge < -0.3 is 10.5 Å². The molecule has 0 bridgehead atoms. The van der Waals surface area contributed by atoms with Gasteiger partial charge in [-0.15, -0.1) is 0 Å². The smallest absolute Gasteiger partial charge is 0.123 e. The monoisotopic (exact) mass is 294 g/mol. The summed E-state index contributed by atoms with van der Waals surface area (Å²) in [4.78, 5) is 2.44. The lowest BCUT2D eigenvalue weighted by Crippen LogP contribution is -2.57. The first kappa shape index (κ1) is 16.4. The quantitative estimate of drug-likeness (QED) is 0.876. The molecule has 118 valence electrons. The zero-order valence-corrected chi connectivity index (χ0v) is 13.1. The van der Waals surface area contributed by atoms with Gasteiger partial charge in [-0.3, -0.25) is 4.90 Å². The van der Waals surface area contributed by atoms with Crippen molar-refractivity contribution in [2.75, 3.05) is 26.2 Å². The van der Waals surface area contributed by atoms with Crippen LogP contribution in [0.15, 0.2) is 24.3 Å². The molecule has 0 amide bonds. The lowest BCUT2D eigenvalue weighted by molar-refractivity contribution is -0.0280. The molecule has 0 aliphatic carbocycles. The summed E-state index contributed by atoms with van der Waals surface area (Å²) in [5.41, 5.74) is 7.10. The predicted octanol–water partition coefficient (Wildman–Crippen LogP) is 2.59. The Labute approximate surface area is 127 Å². The minimum absolute atomic E-state index is 0.104. The normalized spacial score (nSPS) is 23.0. The molecule has 0 aromatic heterocycles. The van der Waals surface area contributed by atoms with Crippen LogP contribution < -0.4 is 5.73 Å². The number of ether oxygens (including phenoxy) is 1. The summed E-state index contributed by atoms with van der Waals surface area (Å²) in [5.74, 6) is -0.192. The van der Waals surface area contributed by atoms with E-state index < -0.39 is 0 Å². The number of halogens is 1. The summed E-state index contributed by atoms with van der Waals surface area (Å²) in [7, 11) is 0. The van der Waals surface area contributed by atoms with E-state index in [0.717, 1.165) is 44.5 Å². The van der Waals surface area contributed by atoms with E-state index in [9.17, 15) is 4.39 Å². The second-order valence-electron chi connectivity index (χ2n) is 6.17. The second-order valence-corrected chi connectivity index (χ2v) is 6.17. The van der Waals surface area contributed by atoms with Crippen molar-refractivity contribution in [3.05, 3.63) is 35.6 Å². The highest BCUT2D eigenvalue weighted by molar-refractivity contribution is 5.19. The van der Waals surface area contributed by atoms with Crippen molar-refractivity contribution in [1.82, 2.24) is 4.90 Å². The highest BCUT2D eigenvalue weighted by atomic mass is 19.1. The maximum absolute atomic E-state index is 13.0. The Morgan fingerprint density at radius 1 is 1.38 bits per heavy atom. The van der Waals surface area contributed by atoms with E-state index >= 15 is 0 Å². The van der Waals surface area contributed by atoms with Crippen LogP contribution in [0.5, 0.6) is 0 Å². The van der Waals surface area contributed by atoms with Gasteiger partial charge in [0.15, 0.2) is 0 Å². The number of hydrogen-bond acceptors (Lipinski definition) is 3. The van der Waals surface area contributed by atoms with Crippen molar-refractivity contribution in [3.63, 3.8) is 0 Å². The molecule has 1 aliphatic rings. The highest BCUT2D eigenvalue weighted by Crippen LogP contribution is 2.25. The molecule has 2 N–H and O–H groups in total. The van der Waals surface area contributed by atoms with E-state index in [2.05, 4.69) is 11.8 Å². The molecule has 1 heterocycles. The lowest BCUT2D eigenvalue weighted by atomic mass is 9.88. The first-order chi connectivity index (χ1) is 10.1. The molecule has 0 spiro atoms. The molecule has 1 fully saturated rings. The van der Waals surface area contributed by atoms with Crippen LogP contribution in [0.3, 0.4) is 0 Å². The molecular weight excluding hydrogens is 267 g/mol. The molecule has 1 aromatic rings. The Balaban J connectivity index is 2.06. The van der Waals surface area contributed by atoms with Crippen LogP contribution in [0, 0.1) is 5.82 Å². The van der Waals surface area contributed by atoms with Crippen molar-refractivity contribution < 1.29 is 9.13 Å². The van der Waals surface area contributed by atoms with E-state index in [0.29, 0.717) is 12.6 Å². The molecule has 1 aromatic carbocycles. The van der Waals surface area contributed by atoms with Gasteiger partial charge in [0.25, 0.3) is 0 Å². The van der Waals surface area contributed by atoms with Gasteiger partial charge in [0.05, 0.1) is 6.10 Å². The summed E-state index contributed by atoms with van der Waals surface area (Å²) < 4.78 is 18.8. The SMILES string of the molecule is CCOC1CCCN(C(C)(CN)Cc2ccc(F)cc2)C1. The number of likely N-dealkylation sites (tertiary alicyclic amines) is 1. The molecule has 1 aliphatic heterocycles. The standard InChI is InChI=1S/C17H27FN2O/c1-3-21-16-5-4-10-20(12-16)17(2,13-19)11-14-6-8-15(18)9-7-14/h6-9,16H,3-5,10-13,19H2,1-2H3. The largest absolute Gasteiger partial charge is 0.377 e. The Morgan fingerprint density at radius 3 is 2.71 bits per heavy atom. The molecule has 2 rings (SSSR count). The number of benzene rings is 1. The first-order valence-electron chi connectivity index (χ1n) is 7.88. The van der Waals surface area contributed by atoms with E-state index in [-0.39, 0.29) is 11.4 Å². The van der Waals surface area contributed by atoms with Crippen molar-refractivity contribution in [2.24, 2.45) is 5.73 Å². The number of nitrogens with zero attached hydrogens (tertiary/aromatic N) is 1. The van der Waals surface area contributed by atoms with Crippen molar-refractivity contribution >= 4 is 0 Å². The molecule has 2 unspecified atom stereocenters. The minimum Gasteiger partial charge on any atom is -0.377 e. The number of rotatable bonds is 6. The summed E-state index contributed by atoms with van der Waals surface area (Å²) >= 11 is 0. The molecule has 3 nitrogen and oxygen atoms in total. The Bertz CT molecular complexity index is 435. The third-order valence-corrected chi connectivity index (χ3v) is 4.48. The maximum Gasteiger partial charge on any atom is 0.123 e. The third kappa shape index (κ3) is 4.25. The highest BCUT2D eigenvalue weighted by Gasteiger charge is 2.34. The minimum atomic E-state index is -0.192. The van der Waals surface area contributed by atoms with Crippen LogP contribution in [0.25, 0.3) is 0 Å². The zero-order valence-electron chi connectivity index (χ0n) is 13.1. The molecule has 0 saturated carbocycles. The van der Waals surface area contributed by atoms with E-state index in [1.54, 1.807) is 0 Å². The third-order valence-electron chi connectivity index (χ3n) is 4.48. The van der Waals surface area contributed by atoms with Gasteiger partial charge in [0.2, 0.25) is 0 Å². The zero-order chi connectivity index (χ0) is 15.3. The van der Waals surface area contributed by atoms with Gasteiger partial charge in [0.1, 0.15) is 5.82 Å². The van der Waals surface area contributed by atoms with Crippen molar-refractivity contribution in [1.29, 1.82) is 0 Å². The van der Waals surface area contributed by atoms with Gasteiger partial charge in [-0.25, -0.2) is 4.39 Å². The predicted molar refractivity (Wildman–Crippen MR) is 83.8 cm³/mol. The number of hydrogen-bond donors (Lipinski definition) is 1. The second kappa shape index (κ2) is 7.34. The molecular formula is C17H27FN2O. The summed E-state index contributed by atoms with van der Waals surface area (Å²) in [5, 5.41) is 0. The fourth-order valence-corrected chi connectivity index (χ4v) is 3.16. The van der Waals surface area contributed by atoms with Crippen LogP contribution in [0.4, 0.5) is 4.39 Å². The molecule has 4 heteroatoms. The van der Waals surface area contributed by atoms with Crippen LogP contribution in [-0.4, -0.2) is 42.8 Å². The average Bonchev–Trinajstić information content (AvgIpc) is 2.50. The Morgan fingerprint density at radius 2 is 2.10 bits per heavy atom. The van der Waals surface area contributed by atoms with Crippen LogP contribution in [-0.2, 0) is 11.2 Å². The van der Waals surface area contributed by atoms with Gasteiger partial charge in [-0.2, -0.15) is 0 Å². The fourth-order valence-electron chi connectivity index (χ4n) is 3.16. The van der Waals surface area contributed by atoms with Gasteiger partial charge in [-0.05, 0) is 57.4 Å². The Kier molecular flexibility index (Phi) is 5.73. The number of piperidine rings is 1. The van der Waals surface area contributed by atoms with Crippen molar-refractivity contribution in [3.8, 4) is 0 Å². The van der Waals surface area contributed by atoms with Crippen LogP contribution in [0.2, 0.25) is 0 Å². The summed E-state index contributed by atoms with van der Waals surface area (Å²) in [6.07, 6.45) is 3.41. The van der Waals surface area contributed by atoms with E-state index in [4.69, 9.17) is 10.5 Å². The first-order valence-corrected chi connectivity index (χ1v) is 7.88. The van der Waals surface area contributed by atoms with Crippen LogP contribution in [0.1, 0.15) is 32.3 Å². The topological polar surface area (TPSA) is 38.5 Å². The summed E-state index contributed by atoms with van der Waals surface area (Å²) in [6, 6.07) is 6.75. The Hall–Kier alpha value is -0.970. The molecule has 2 atom stereocenters. The fraction of sp³-hybridized carbons (Fsp3) is 0.647. The van der Waals surface area contributed by atoms with E-state index in [1.807, 2.05) is 19.1 Å². The van der Waals surface area contributed by atoms with Gasteiger partial charge in [-0.1, -0.05) is 12.1 Å². The number of nitrogens with two attached hydrogens (primary N) is 1. The average molecular weight is 294 g/mol. The van der Waals surface area contributed by atoms with Gasteiger partial charge >= 0.3 is 0 Å². The summed E-state index contributed by atoms with van der Waals surface area (Å²) in [6.45, 7) is 7.57. The maximum atomic E-state index is 13.0. The molecule has 21 heavy (non-hydrogen) atoms. The lowest BCUT2D eigenvalue weighted by Gasteiger charge is -2.45. The molecule has 0 radical (unpaired) electrons. The molecule has 1 saturated heterocycles.